The first-order valence-corrected chi connectivity index (χ1v) is 17.1. The molecule has 7 rings (SSSR count). The SMILES string of the molecule is C[Si](C)(C)c1cccc2c1oc1c(-c3cc(C4CC4)ccn3)[c-]ccc12.Cc1ccc(-c2[c-]cccc2)nc1.[Ir]. The molecule has 0 unspecified atom stereocenters. The monoisotopic (exact) mass is 717 g/mol. The Balaban J connectivity index is 0.000000195. The van der Waals surface area contributed by atoms with Crippen molar-refractivity contribution in [2.24, 2.45) is 0 Å². The van der Waals surface area contributed by atoms with Gasteiger partial charge in [0.2, 0.25) is 0 Å². The molecule has 1 fully saturated rings. The van der Waals surface area contributed by atoms with Crippen molar-refractivity contribution in [2.45, 2.75) is 45.3 Å². The first-order valence-electron chi connectivity index (χ1n) is 13.6. The van der Waals surface area contributed by atoms with Crippen LogP contribution in [0.15, 0.2) is 95.7 Å². The van der Waals surface area contributed by atoms with E-state index in [1.807, 2.05) is 55.7 Å². The van der Waals surface area contributed by atoms with Crippen LogP contribution in [0.25, 0.3) is 44.5 Å². The molecule has 0 aliphatic heterocycles. The summed E-state index contributed by atoms with van der Waals surface area (Å²) in [4.78, 5) is 8.95. The minimum absolute atomic E-state index is 0. The first kappa shape index (κ1) is 28.2. The van der Waals surface area contributed by atoms with Crippen LogP contribution < -0.4 is 5.19 Å². The quantitative estimate of drug-likeness (QED) is 0.135. The van der Waals surface area contributed by atoms with Crippen LogP contribution in [0.1, 0.15) is 29.9 Å². The van der Waals surface area contributed by atoms with Gasteiger partial charge in [-0.3, -0.25) is 0 Å². The number of hydrogen-bond acceptors (Lipinski definition) is 3. The summed E-state index contributed by atoms with van der Waals surface area (Å²) in [7, 11) is -1.49. The third-order valence-electron chi connectivity index (χ3n) is 7.25. The molecule has 40 heavy (non-hydrogen) atoms. The van der Waals surface area contributed by atoms with Gasteiger partial charge in [0.1, 0.15) is 5.58 Å². The van der Waals surface area contributed by atoms with Crippen molar-refractivity contribution in [3.63, 3.8) is 0 Å². The van der Waals surface area contributed by atoms with Crippen LogP contribution in [0.5, 0.6) is 0 Å². The molecule has 6 aromatic rings. The molecule has 0 amide bonds. The summed E-state index contributed by atoms with van der Waals surface area (Å²) in [5.74, 6) is 0.713. The summed E-state index contributed by atoms with van der Waals surface area (Å²) < 4.78 is 6.48. The van der Waals surface area contributed by atoms with E-state index in [9.17, 15) is 0 Å². The fourth-order valence-electron chi connectivity index (χ4n) is 4.98. The predicted octanol–water partition coefficient (Wildman–Crippen LogP) is 8.73. The Morgan fingerprint density at radius 3 is 2.33 bits per heavy atom. The van der Waals surface area contributed by atoms with Gasteiger partial charge >= 0.3 is 0 Å². The molecule has 3 aromatic carbocycles. The Bertz CT molecular complexity index is 1750. The minimum atomic E-state index is -1.49. The standard InChI is InChI=1S/C23H22NOSi.C12H10N.Ir/c1-26(2,3)21-9-5-7-18-17-6-4-8-19(22(17)25-23(18)21)20-14-16(12-13-24-20)15-10-11-15;1-10-7-8-12(13-9-10)11-5-3-2-4-6-11;/h4-7,9,12-15H,10-11H2,1-3H3;2-5,7-9H,1H3;/q2*-1;. The number of fused-ring (bicyclic) bond motifs is 3. The maximum Gasteiger partial charge on any atom is 0.120 e. The van der Waals surface area contributed by atoms with Gasteiger partial charge < -0.3 is 14.4 Å². The molecule has 1 radical (unpaired) electrons. The molecule has 3 nitrogen and oxygen atoms in total. The largest absolute Gasteiger partial charge is 0.501 e. The molecule has 1 saturated carbocycles. The van der Waals surface area contributed by atoms with E-state index in [2.05, 4.69) is 84.2 Å². The summed E-state index contributed by atoms with van der Waals surface area (Å²) in [6.45, 7) is 9.12. The molecule has 1 aliphatic carbocycles. The van der Waals surface area contributed by atoms with Crippen molar-refractivity contribution in [3.8, 4) is 22.5 Å². The fraction of sp³-hybridized carbons (Fsp3) is 0.200. The molecule has 203 valence electrons. The van der Waals surface area contributed by atoms with Crippen LogP contribution in [-0.4, -0.2) is 18.0 Å². The number of furan rings is 1. The average molecular weight is 717 g/mol. The van der Waals surface area contributed by atoms with Crippen LogP contribution in [0.4, 0.5) is 0 Å². The van der Waals surface area contributed by atoms with E-state index in [0.29, 0.717) is 5.92 Å². The van der Waals surface area contributed by atoms with Gasteiger partial charge in [0.15, 0.2) is 0 Å². The van der Waals surface area contributed by atoms with E-state index in [1.165, 1.54) is 34.5 Å². The van der Waals surface area contributed by atoms with Gasteiger partial charge in [-0.05, 0) is 53.9 Å². The molecule has 0 saturated heterocycles. The number of aromatic nitrogens is 2. The normalized spacial score (nSPS) is 13.0. The maximum atomic E-state index is 6.48. The number of aryl methyl sites for hydroxylation is 1. The smallest absolute Gasteiger partial charge is 0.120 e. The molecule has 3 aromatic heterocycles. The predicted molar refractivity (Wildman–Crippen MR) is 164 cm³/mol. The van der Waals surface area contributed by atoms with Gasteiger partial charge in [-0.1, -0.05) is 72.6 Å². The van der Waals surface area contributed by atoms with E-state index in [-0.39, 0.29) is 20.1 Å². The molecule has 0 bridgehead atoms. The Hall–Kier alpha value is -3.37. The third kappa shape index (κ3) is 5.88. The number of nitrogens with zero attached hydrogens (tertiary/aromatic N) is 2. The number of rotatable bonds is 4. The molecular weight excluding hydrogens is 685 g/mol. The van der Waals surface area contributed by atoms with Crippen molar-refractivity contribution in [2.75, 3.05) is 0 Å². The van der Waals surface area contributed by atoms with Gasteiger partial charge in [-0.2, -0.15) is 0 Å². The van der Waals surface area contributed by atoms with Gasteiger partial charge in [0.25, 0.3) is 0 Å². The number of pyridine rings is 2. The van der Waals surface area contributed by atoms with Gasteiger partial charge in [-0.25, -0.2) is 0 Å². The summed E-state index contributed by atoms with van der Waals surface area (Å²) in [6.07, 6.45) is 6.38. The second-order valence-corrected chi connectivity index (χ2v) is 16.4. The van der Waals surface area contributed by atoms with Crippen LogP contribution in [0.3, 0.4) is 0 Å². The number of para-hydroxylation sites is 1. The number of hydrogen-bond donors (Lipinski definition) is 0. The van der Waals surface area contributed by atoms with Crippen molar-refractivity contribution in [1.82, 2.24) is 9.97 Å². The van der Waals surface area contributed by atoms with Gasteiger partial charge in [-0.15, -0.1) is 54.1 Å². The molecule has 0 atom stereocenters. The second kappa shape index (κ2) is 11.6. The van der Waals surface area contributed by atoms with Crippen molar-refractivity contribution in [1.29, 1.82) is 0 Å². The Labute approximate surface area is 251 Å². The van der Waals surface area contributed by atoms with Gasteiger partial charge in [0, 0.05) is 37.9 Å². The minimum Gasteiger partial charge on any atom is -0.501 e. The fourth-order valence-corrected chi connectivity index (χ4v) is 6.44. The maximum absolute atomic E-state index is 6.48. The summed E-state index contributed by atoms with van der Waals surface area (Å²) in [6, 6.07) is 33.5. The molecule has 0 N–H and O–H groups in total. The van der Waals surface area contributed by atoms with Crippen LogP contribution in [0, 0.1) is 19.1 Å². The van der Waals surface area contributed by atoms with E-state index < -0.39 is 8.07 Å². The summed E-state index contributed by atoms with van der Waals surface area (Å²) >= 11 is 0. The molecular formula is C35H32IrN2OSi-2. The van der Waals surface area contributed by atoms with Crippen LogP contribution in [-0.2, 0) is 20.1 Å². The third-order valence-corrected chi connectivity index (χ3v) is 9.26. The Morgan fingerprint density at radius 2 is 1.62 bits per heavy atom. The first-order chi connectivity index (χ1) is 18.9. The number of benzene rings is 3. The molecule has 0 spiro atoms. The molecule has 1 aliphatic rings. The van der Waals surface area contributed by atoms with Gasteiger partial charge in [0.05, 0.1) is 13.7 Å². The van der Waals surface area contributed by atoms with Crippen LogP contribution >= 0.6 is 0 Å². The van der Waals surface area contributed by atoms with E-state index in [1.54, 1.807) is 0 Å². The van der Waals surface area contributed by atoms with Crippen molar-refractivity contribution in [3.05, 3.63) is 115 Å². The van der Waals surface area contributed by atoms with E-state index in [0.717, 1.165) is 39.1 Å². The Kier molecular flexibility index (Phi) is 8.18. The van der Waals surface area contributed by atoms with Crippen LogP contribution in [0.2, 0.25) is 19.6 Å². The topological polar surface area (TPSA) is 38.9 Å². The zero-order valence-corrected chi connectivity index (χ0v) is 26.7. The zero-order chi connectivity index (χ0) is 27.0. The van der Waals surface area contributed by atoms with Crippen molar-refractivity contribution < 1.29 is 24.5 Å². The molecule has 3 heterocycles. The summed E-state index contributed by atoms with van der Waals surface area (Å²) in [5, 5.41) is 3.73. The molecule has 5 heteroatoms. The zero-order valence-electron chi connectivity index (χ0n) is 23.3. The second-order valence-electron chi connectivity index (χ2n) is 11.4. The van der Waals surface area contributed by atoms with E-state index >= 15 is 0 Å². The van der Waals surface area contributed by atoms with E-state index in [4.69, 9.17) is 4.42 Å². The summed E-state index contributed by atoms with van der Waals surface area (Å²) in [5.41, 5.74) is 8.48. The Morgan fingerprint density at radius 1 is 0.800 bits per heavy atom. The van der Waals surface area contributed by atoms with Crippen molar-refractivity contribution >= 4 is 35.2 Å². The average Bonchev–Trinajstić information content (AvgIpc) is 3.74.